The Bertz CT molecular complexity index is 483. The molecule has 0 spiro atoms. The summed E-state index contributed by atoms with van der Waals surface area (Å²) < 4.78 is 6.21. The molecule has 1 unspecified atom stereocenters. The van der Waals surface area contributed by atoms with Crippen molar-refractivity contribution in [3.05, 3.63) is 17.7 Å². The Morgan fingerprint density at radius 1 is 1.45 bits per heavy atom. The Morgan fingerprint density at radius 3 is 2.55 bits per heavy atom. The van der Waals surface area contributed by atoms with Crippen molar-refractivity contribution >= 4 is 11.8 Å². The lowest BCUT2D eigenvalue weighted by atomic mass is 10.1. The molecule has 0 fully saturated rings. The molecule has 0 bridgehead atoms. The maximum absolute atomic E-state index is 11.3. The molecule has 0 aliphatic heterocycles. The van der Waals surface area contributed by atoms with Crippen LogP contribution < -0.4 is 11.5 Å². The third kappa shape index (κ3) is 3.53. The predicted molar refractivity (Wildman–Crippen MR) is 67.8 cm³/mol. The minimum absolute atomic E-state index is 0.109. The smallest absolute Gasteiger partial charge is 0.269 e. The monoisotopic (exact) mass is 286 g/mol. The lowest BCUT2D eigenvalue weighted by Crippen LogP contribution is -2.32. The van der Waals surface area contributed by atoms with Gasteiger partial charge in [0.25, 0.3) is 11.8 Å². The second kappa shape index (κ2) is 6.98. The fourth-order valence-electron chi connectivity index (χ4n) is 1.80. The molecule has 1 heterocycles. The first-order valence-corrected chi connectivity index (χ1v) is 5.88. The van der Waals surface area contributed by atoms with Crippen LogP contribution in [0.2, 0.25) is 0 Å². The molecule has 0 saturated carbocycles. The van der Waals surface area contributed by atoms with Gasteiger partial charge in [-0.3, -0.25) is 9.59 Å². The summed E-state index contributed by atoms with van der Waals surface area (Å²) in [5.41, 5.74) is 9.95. The topological polar surface area (TPSA) is 154 Å². The van der Waals surface area contributed by atoms with Crippen molar-refractivity contribution in [3.8, 4) is 0 Å². The average Bonchev–Trinajstić information content (AvgIpc) is 2.81. The number of aromatic nitrogens is 2. The molecule has 2 atom stereocenters. The van der Waals surface area contributed by atoms with Gasteiger partial charge in [-0.1, -0.05) is 0 Å². The van der Waals surface area contributed by atoms with Crippen LogP contribution in [0.1, 0.15) is 27.4 Å². The van der Waals surface area contributed by atoms with Crippen LogP contribution in [0.4, 0.5) is 0 Å². The number of carbonyl (C=O) groups excluding carboxylic acids is 2. The Morgan fingerprint density at radius 2 is 2.10 bits per heavy atom. The molecule has 20 heavy (non-hydrogen) atoms. The van der Waals surface area contributed by atoms with E-state index in [1.54, 1.807) is 0 Å². The SMILES string of the molecule is CO[C@@H](CO)C(O)CCn1cnc(C(N)=O)c1C(N)=O. The normalized spacial score (nSPS) is 13.9. The molecular weight excluding hydrogens is 268 g/mol. The fraction of sp³-hybridized carbons (Fsp3) is 0.545. The number of rotatable bonds is 8. The molecular formula is C11H18N4O5. The van der Waals surface area contributed by atoms with Crippen molar-refractivity contribution in [3.63, 3.8) is 0 Å². The van der Waals surface area contributed by atoms with Crippen molar-refractivity contribution in [2.75, 3.05) is 13.7 Å². The molecule has 6 N–H and O–H groups in total. The summed E-state index contributed by atoms with van der Waals surface area (Å²) in [6.45, 7) is -0.170. The molecule has 2 amide bonds. The largest absolute Gasteiger partial charge is 0.394 e. The number of nitrogens with two attached hydrogens (primary N) is 2. The molecule has 0 radical (unpaired) electrons. The van der Waals surface area contributed by atoms with Crippen LogP contribution in [0.25, 0.3) is 0 Å². The van der Waals surface area contributed by atoms with Crippen LogP contribution >= 0.6 is 0 Å². The van der Waals surface area contributed by atoms with E-state index in [4.69, 9.17) is 21.3 Å². The number of ether oxygens (including phenoxy) is 1. The van der Waals surface area contributed by atoms with E-state index in [-0.39, 0.29) is 31.0 Å². The third-order valence-corrected chi connectivity index (χ3v) is 2.88. The number of aliphatic hydroxyl groups excluding tert-OH is 2. The first kappa shape index (κ1) is 16.1. The molecule has 0 aliphatic rings. The second-order valence-corrected chi connectivity index (χ2v) is 4.18. The molecule has 1 aromatic rings. The van der Waals surface area contributed by atoms with Crippen LogP contribution in [-0.4, -0.2) is 57.5 Å². The van der Waals surface area contributed by atoms with Crippen LogP contribution in [0, 0.1) is 0 Å². The van der Waals surface area contributed by atoms with E-state index in [1.165, 1.54) is 18.0 Å². The first-order valence-electron chi connectivity index (χ1n) is 5.88. The van der Waals surface area contributed by atoms with Gasteiger partial charge in [-0.25, -0.2) is 4.98 Å². The lowest BCUT2D eigenvalue weighted by Gasteiger charge is -2.19. The first-order chi connectivity index (χ1) is 9.42. The standard InChI is InChI=1S/C11H18N4O5/c1-20-7(4-16)6(17)2-3-15-5-14-8(10(12)18)9(15)11(13)19/h5-7,16-17H,2-4H2,1H3,(H2,12,18)(H2,13,19)/t6?,7-/m0/s1. The lowest BCUT2D eigenvalue weighted by molar-refractivity contribution is -0.0452. The van der Waals surface area contributed by atoms with Gasteiger partial charge in [0.15, 0.2) is 5.69 Å². The number of aliphatic hydroxyl groups is 2. The van der Waals surface area contributed by atoms with Gasteiger partial charge in [0.05, 0.1) is 19.0 Å². The minimum Gasteiger partial charge on any atom is -0.394 e. The number of methoxy groups -OCH3 is 1. The van der Waals surface area contributed by atoms with E-state index < -0.39 is 24.0 Å². The summed E-state index contributed by atoms with van der Waals surface area (Å²) in [4.78, 5) is 26.2. The Balaban J connectivity index is 2.83. The van der Waals surface area contributed by atoms with Crippen LogP contribution in [0.15, 0.2) is 6.33 Å². The van der Waals surface area contributed by atoms with E-state index in [1.807, 2.05) is 0 Å². The molecule has 0 saturated heterocycles. The maximum atomic E-state index is 11.3. The highest BCUT2D eigenvalue weighted by atomic mass is 16.5. The highest BCUT2D eigenvalue weighted by molar-refractivity contribution is 6.03. The number of aryl methyl sites for hydroxylation is 1. The molecule has 0 aromatic carbocycles. The number of hydrogen-bond donors (Lipinski definition) is 4. The van der Waals surface area contributed by atoms with Gasteiger partial charge in [0, 0.05) is 13.7 Å². The quantitative estimate of drug-likeness (QED) is 0.427. The number of nitrogens with zero attached hydrogens (tertiary/aromatic N) is 2. The molecule has 9 nitrogen and oxygen atoms in total. The second-order valence-electron chi connectivity index (χ2n) is 4.18. The van der Waals surface area contributed by atoms with Gasteiger partial charge in [0.1, 0.15) is 11.8 Å². The van der Waals surface area contributed by atoms with Crippen molar-refractivity contribution in [2.45, 2.75) is 25.2 Å². The van der Waals surface area contributed by atoms with Crippen LogP contribution in [0.5, 0.6) is 0 Å². The van der Waals surface area contributed by atoms with Gasteiger partial charge < -0.3 is 31.0 Å². The molecule has 1 aromatic heterocycles. The summed E-state index contributed by atoms with van der Waals surface area (Å²) in [5, 5.41) is 18.8. The van der Waals surface area contributed by atoms with Gasteiger partial charge in [-0.2, -0.15) is 0 Å². The molecule has 0 aliphatic carbocycles. The van der Waals surface area contributed by atoms with Gasteiger partial charge in [-0.15, -0.1) is 0 Å². The third-order valence-electron chi connectivity index (χ3n) is 2.88. The number of carbonyl (C=O) groups is 2. The summed E-state index contributed by atoms with van der Waals surface area (Å²) in [6, 6.07) is 0. The van der Waals surface area contributed by atoms with E-state index in [0.717, 1.165) is 0 Å². The van der Waals surface area contributed by atoms with Crippen LogP contribution in [0.3, 0.4) is 0 Å². The predicted octanol–water partition coefficient (Wildman–Crippen LogP) is -2.16. The van der Waals surface area contributed by atoms with Crippen molar-refractivity contribution in [1.29, 1.82) is 0 Å². The number of imidazole rings is 1. The van der Waals surface area contributed by atoms with Crippen molar-refractivity contribution in [1.82, 2.24) is 9.55 Å². The zero-order valence-corrected chi connectivity index (χ0v) is 11.0. The zero-order valence-electron chi connectivity index (χ0n) is 11.0. The highest BCUT2D eigenvalue weighted by Crippen LogP contribution is 2.10. The minimum atomic E-state index is -0.940. The average molecular weight is 286 g/mol. The van der Waals surface area contributed by atoms with Gasteiger partial charge in [-0.05, 0) is 6.42 Å². The molecule has 112 valence electrons. The molecule has 1 rings (SSSR count). The Kier molecular flexibility index (Phi) is 5.62. The van der Waals surface area contributed by atoms with Crippen LogP contribution in [-0.2, 0) is 11.3 Å². The van der Waals surface area contributed by atoms with E-state index in [9.17, 15) is 14.7 Å². The van der Waals surface area contributed by atoms with E-state index in [2.05, 4.69) is 4.98 Å². The zero-order chi connectivity index (χ0) is 15.3. The summed E-state index contributed by atoms with van der Waals surface area (Å²) in [6.07, 6.45) is -0.252. The van der Waals surface area contributed by atoms with E-state index >= 15 is 0 Å². The summed E-state index contributed by atoms with van der Waals surface area (Å²) >= 11 is 0. The number of amides is 2. The van der Waals surface area contributed by atoms with Gasteiger partial charge in [0.2, 0.25) is 0 Å². The Labute approximate surface area is 115 Å². The number of primary amides is 2. The van der Waals surface area contributed by atoms with Crippen molar-refractivity contribution in [2.24, 2.45) is 11.5 Å². The maximum Gasteiger partial charge on any atom is 0.269 e. The van der Waals surface area contributed by atoms with Crippen molar-refractivity contribution < 1.29 is 24.5 Å². The summed E-state index contributed by atoms with van der Waals surface area (Å²) in [7, 11) is 1.36. The fourth-order valence-corrected chi connectivity index (χ4v) is 1.80. The highest BCUT2D eigenvalue weighted by Gasteiger charge is 2.22. The Hall–Kier alpha value is -1.97. The van der Waals surface area contributed by atoms with Gasteiger partial charge >= 0.3 is 0 Å². The van der Waals surface area contributed by atoms with E-state index in [0.29, 0.717) is 0 Å². The summed E-state index contributed by atoms with van der Waals surface area (Å²) in [5.74, 6) is -1.69. The number of hydrogen-bond acceptors (Lipinski definition) is 6. The molecule has 9 heteroatoms.